The van der Waals surface area contributed by atoms with Crippen molar-refractivity contribution in [2.24, 2.45) is 9.98 Å². The fourth-order valence-electron chi connectivity index (χ4n) is 6.73. The second-order valence-corrected chi connectivity index (χ2v) is 14.8. The molecule has 0 unspecified atom stereocenters. The van der Waals surface area contributed by atoms with Crippen LogP contribution in [-0.2, 0) is 0 Å². The summed E-state index contributed by atoms with van der Waals surface area (Å²) >= 11 is 0. The first-order valence-electron chi connectivity index (χ1n) is 18.3. The summed E-state index contributed by atoms with van der Waals surface area (Å²) in [5, 5.41) is 11.7. The minimum absolute atomic E-state index is 0.0725. The first kappa shape index (κ1) is 37.9. The van der Waals surface area contributed by atoms with Crippen molar-refractivity contribution in [2.45, 2.75) is 98.8 Å². The van der Waals surface area contributed by atoms with Gasteiger partial charge in [-0.25, -0.2) is 0 Å². The van der Waals surface area contributed by atoms with E-state index in [0.29, 0.717) is 0 Å². The van der Waals surface area contributed by atoms with Gasteiger partial charge in [-0.2, -0.15) is 0 Å². The van der Waals surface area contributed by atoms with E-state index in [1.54, 1.807) is 24.5 Å². The molecular formula is C45H51N5O2. The summed E-state index contributed by atoms with van der Waals surface area (Å²) in [7, 11) is 0. The van der Waals surface area contributed by atoms with Gasteiger partial charge in [-0.05, 0) is 101 Å². The van der Waals surface area contributed by atoms with Crippen LogP contribution in [0.1, 0.15) is 149 Å². The molecule has 0 atom stereocenters. The van der Waals surface area contributed by atoms with Crippen LogP contribution in [0, 0.1) is 10.1 Å². The first-order chi connectivity index (χ1) is 24.8. The molecule has 0 spiro atoms. The summed E-state index contributed by atoms with van der Waals surface area (Å²) in [6, 6.07) is 28.0. The van der Waals surface area contributed by atoms with E-state index >= 15 is 0 Å². The normalized spacial score (nSPS) is 13.0. The molecule has 0 saturated carbocycles. The molecule has 0 radical (unpaired) electrons. The molecule has 0 saturated heterocycles. The average molecular weight is 694 g/mol. The summed E-state index contributed by atoms with van der Waals surface area (Å²) in [4.78, 5) is 31.0. The van der Waals surface area contributed by atoms with Gasteiger partial charge in [0.15, 0.2) is 0 Å². The second-order valence-electron chi connectivity index (χ2n) is 14.8. The maximum Gasteiger partial charge on any atom is 0.269 e. The summed E-state index contributed by atoms with van der Waals surface area (Å²) in [6.45, 7) is 21.7. The molecule has 3 aromatic carbocycles. The van der Waals surface area contributed by atoms with E-state index in [-0.39, 0.29) is 40.2 Å². The molecular weight excluding hydrogens is 643 g/mol. The number of hydrogen-bond acceptors (Lipinski definition) is 6. The Morgan fingerprint density at radius 2 is 0.923 bits per heavy atom. The van der Waals surface area contributed by atoms with Gasteiger partial charge < -0.3 is 0 Å². The topological polar surface area (TPSA) is 93.6 Å². The predicted octanol–water partition coefficient (Wildman–Crippen LogP) is 12.3. The van der Waals surface area contributed by atoms with E-state index in [0.717, 1.165) is 73.1 Å². The Hall–Kier alpha value is -5.30. The van der Waals surface area contributed by atoms with E-state index in [1.807, 2.05) is 62.4 Å². The van der Waals surface area contributed by atoms with E-state index in [1.165, 1.54) is 0 Å². The number of aliphatic imine (C=N–C) groups is 2. The van der Waals surface area contributed by atoms with Gasteiger partial charge in [-0.15, -0.1) is 0 Å². The summed E-state index contributed by atoms with van der Waals surface area (Å²) < 4.78 is 0. The number of nitro benzene ring substituents is 1. The number of pyridine rings is 2. The van der Waals surface area contributed by atoms with E-state index in [9.17, 15) is 10.1 Å². The number of aromatic nitrogens is 2. The van der Waals surface area contributed by atoms with Crippen molar-refractivity contribution in [3.8, 4) is 0 Å². The third-order valence-corrected chi connectivity index (χ3v) is 9.60. The standard InChI is InChI=1S/C45H51N5O2/c1-27(2)37-23-34(24-38(28(3)4)44(37)48-31(9)41-15-11-13-21-46-41)43(33-17-19-36(20-18-33)50(51)52)35-25-39(29(5)6)45(40(26-35)30(7)8)49-32(10)42-16-12-14-22-47-42/h11-30,43H,1-10H3. The van der Waals surface area contributed by atoms with Crippen molar-refractivity contribution in [3.63, 3.8) is 0 Å². The molecule has 5 aromatic rings. The van der Waals surface area contributed by atoms with Gasteiger partial charge in [0.2, 0.25) is 0 Å². The lowest BCUT2D eigenvalue weighted by Crippen LogP contribution is -2.10. The van der Waals surface area contributed by atoms with Crippen LogP contribution in [0.4, 0.5) is 17.1 Å². The maximum atomic E-state index is 11.7. The molecule has 2 aromatic heterocycles. The Balaban J connectivity index is 1.81. The van der Waals surface area contributed by atoms with E-state index in [2.05, 4.69) is 89.6 Å². The fraction of sp³-hybridized carbons (Fsp3) is 0.333. The SMILES string of the molecule is CC(=Nc1c(C(C)C)cc(C(c2ccc([N+](=O)[O-])cc2)c2cc(C(C)C)c(N=C(C)c3ccccn3)c(C(C)C)c2)cc1C(C)C)c1ccccn1. The molecule has 7 nitrogen and oxygen atoms in total. The highest BCUT2D eigenvalue weighted by molar-refractivity contribution is 5.99. The highest BCUT2D eigenvalue weighted by Gasteiger charge is 2.26. The van der Waals surface area contributed by atoms with Gasteiger partial charge in [-0.1, -0.05) is 104 Å². The molecule has 5 rings (SSSR count). The number of benzene rings is 3. The van der Waals surface area contributed by atoms with Crippen LogP contribution < -0.4 is 0 Å². The second kappa shape index (κ2) is 16.4. The minimum Gasteiger partial charge on any atom is -0.258 e. The predicted molar refractivity (Wildman–Crippen MR) is 215 cm³/mol. The zero-order valence-electron chi connectivity index (χ0n) is 32.2. The number of rotatable bonds is 12. The monoisotopic (exact) mass is 693 g/mol. The van der Waals surface area contributed by atoms with Gasteiger partial charge in [0.1, 0.15) is 0 Å². The van der Waals surface area contributed by atoms with Crippen LogP contribution in [0.3, 0.4) is 0 Å². The molecule has 0 aliphatic rings. The van der Waals surface area contributed by atoms with Crippen molar-refractivity contribution in [3.05, 3.63) is 158 Å². The Kier molecular flexibility index (Phi) is 11.9. The zero-order valence-corrected chi connectivity index (χ0v) is 32.2. The molecule has 0 amide bonds. The smallest absolute Gasteiger partial charge is 0.258 e. The molecule has 7 heteroatoms. The van der Waals surface area contributed by atoms with Crippen LogP contribution in [-0.4, -0.2) is 26.3 Å². The van der Waals surface area contributed by atoms with Crippen LogP contribution in [0.15, 0.2) is 107 Å². The average Bonchev–Trinajstić information content (AvgIpc) is 3.12. The number of nitro groups is 1. The van der Waals surface area contributed by atoms with Crippen molar-refractivity contribution in [1.29, 1.82) is 0 Å². The number of hydrogen-bond donors (Lipinski definition) is 0. The van der Waals surface area contributed by atoms with Gasteiger partial charge in [0.05, 0.1) is 39.1 Å². The summed E-state index contributed by atoms with van der Waals surface area (Å²) in [5.41, 5.74) is 13.3. The molecule has 0 aliphatic carbocycles. The molecule has 0 bridgehead atoms. The molecule has 2 heterocycles. The third-order valence-electron chi connectivity index (χ3n) is 9.60. The Bertz CT molecular complexity index is 1900. The Labute approximate surface area is 309 Å². The Morgan fingerprint density at radius 1 is 0.558 bits per heavy atom. The summed E-state index contributed by atoms with van der Waals surface area (Å²) in [5.74, 6) is 0.557. The highest BCUT2D eigenvalue weighted by atomic mass is 16.6. The van der Waals surface area contributed by atoms with Gasteiger partial charge in [0.25, 0.3) is 5.69 Å². The maximum absolute atomic E-state index is 11.7. The molecule has 268 valence electrons. The van der Waals surface area contributed by atoms with Crippen molar-refractivity contribution in [2.75, 3.05) is 0 Å². The Morgan fingerprint density at radius 3 is 1.21 bits per heavy atom. The van der Waals surface area contributed by atoms with Crippen molar-refractivity contribution < 1.29 is 4.92 Å². The van der Waals surface area contributed by atoms with E-state index in [4.69, 9.17) is 9.98 Å². The van der Waals surface area contributed by atoms with Gasteiger partial charge in [-0.3, -0.25) is 30.1 Å². The lowest BCUT2D eigenvalue weighted by Gasteiger charge is -2.27. The first-order valence-corrected chi connectivity index (χ1v) is 18.3. The number of non-ortho nitro benzene ring substituents is 1. The van der Waals surface area contributed by atoms with Crippen molar-refractivity contribution in [1.82, 2.24) is 9.97 Å². The van der Waals surface area contributed by atoms with Crippen LogP contribution in [0.5, 0.6) is 0 Å². The fourth-order valence-corrected chi connectivity index (χ4v) is 6.73. The van der Waals surface area contributed by atoms with Crippen LogP contribution in [0.2, 0.25) is 0 Å². The van der Waals surface area contributed by atoms with E-state index < -0.39 is 0 Å². The van der Waals surface area contributed by atoms with Crippen molar-refractivity contribution >= 4 is 28.5 Å². The molecule has 52 heavy (non-hydrogen) atoms. The highest BCUT2D eigenvalue weighted by Crippen LogP contribution is 2.45. The molecule has 0 fully saturated rings. The lowest BCUT2D eigenvalue weighted by atomic mass is 9.78. The molecule has 0 aliphatic heterocycles. The third kappa shape index (κ3) is 8.42. The van der Waals surface area contributed by atoms with Gasteiger partial charge in [0, 0.05) is 30.4 Å². The minimum atomic E-state index is -0.340. The zero-order chi connectivity index (χ0) is 37.7. The van der Waals surface area contributed by atoms with Gasteiger partial charge >= 0.3 is 0 Å². The lowest BCUT2D eigenvalue weighted by molar-refractivity contribution is -0.384. The quantitative estimate of drug-likeness (QED) is 0.0562. The van der Waals surface area contributed by atoms with Crippen LogP contribution >= 0.6 is 0 Å². The molecule has 0 N–H and O–H groups in total. The number of nitrogens with zero attached hydrogens (tertiary/aromatic N) is 5. The summed E-state index contributed by atoms with van der Waals surface area (Å²) in [6.07, 6.45) is 3.60. The van der Waals surface area contributed by atoms with Crippen LogP contribution in [0.25, 0.3) is 0 Å². The largest absolute Gasteiger partial charge is 0.269 e.